The van der Waals surface area contributed by atoms with Crippen LogP contribution in [0.1, 0.15) is 43.2 Å². The zero-order valence-corrected chi connectivity index (χ0v) is 21.1. The molecule has 0 saturated carbocycles. The molecule has 4 rings (SSSR count). The molecule has 0 aliphatic carbocycles. The maximum absolute atomic E-state index is 13.7. The standard InChI is InChI=1S/C25H26N2O5S2/c1-5-8-17-21(24(29)32-6-2)22(19-9-7-12-33-19)27-23(28)20(34-25(27)26-17)14-15-13-16(30-3)10-11-18(15)31-4/h7,9-14,22H,5-6,8H2,1-4H3/b20-14-. The first kappa shape index (κ1) is 24.0. The first-order chi connectivity index (χ1) is 16.5. The second kappa shape index (κ2) is 10.4. The van der Waals surface area contributed by atoms with Crippen LogP contribution in [0.2, 0.25) is 0 Å². The van der Waals surface area contributed by atoms with Gasteiger partial charge in [0, 0.05) is 10.4 Å². The molecule has 0 spiro atoms. The van der Waals surface area contributed by atoms with Crippen LogP contribution in [0.25, 0.3) is 6.08 Å². The van der Waals surface area contributed by atoms with E-state index in [0.29, 0.717) is 38.5 Å². The summed E-state index contributed by atoms with van der Waals surface area (Å²) in [4.78, 5) is 33.0. The lowest BCUT2D eigenvalue weighted by atomic mass is 9.99. The van der Waals surface area contributed by atoms with Crippen molar-refractivity contribution in [1.29, 1.82) is 0 Å². The number of ether oxygens (including phenoxy) is 3. The third kappa shape index (κ3) is 4.45. The number of carbonyl (C=O) groups is 1. The molecular weight excluding hydrogens is 472 g/mol. The van der Waals surface area contributed by atoms with Gasteiger partial charge in [-0.05, 0) is 49.1 Å². The van der Waals surface area contributed by atoms with E-state index in [1.165, 1.54) is 22.7 Å². The number of fused-ring (bicyclic) bond motifs is 1. The highest BCUT2D eigenvalue weighted by atomic mass is 32.1. The molecule has 1 unspecified atom stereocenters. The Morgan fingerprint density at radius 2 is 2.03 bits per heavy atom. The van der Waals surface area contributed by atoms with Crippen molar-refractivity contribution in [3.63, 3.8) is 0 Å². The highest BCUT2D eigenvalue weighted by molar-refractivity contribution is 7.10. The predicted molar refractivity (Wildman–Crippen MR) is 133 cm³/mol. The summed E-state index contributed by atoms with van der Waals surface area (Å²) in [5.41, 5.74) is 1.61. The second-order valence-corrected chi connectivity index (χ2v) is 9.53. The Morgan fingerprint density at radius 1 is 1.21 bits per heavy atom. The Bertz CT molecular complexity index is 1400. The number of esters is 1. The van der Waals surface area contributed by atoms with E-state index >= 15 is 0 Å². The molecular formula is C25H26N2O5S2. The molecule has 1 aromatic carbocycles. The summed E-state index contributed by atoms with van der Waals surface area (Å²) in [5.74, 6) is 0.850. The van der Waals surface area contributed by atoms with Gasteiger partial charge in [0.2, 0.25) is 0 Å². The highest BCUT2D eigenvalue weighted by Gasteiger charge is 2.34. The van der Waals surface area contributed by atoms with Crippen molar-refractivity contribution in [2.45, 2.75) is 32.7 Å². The van der Waals surface area contributed by atoms with Crippen LogP contribution in [0.15, 0.2) is 56.8 Å². The average Bonchev–Trinajstić information content (AvgIpc) is 3.47. The smallest absolute Gasteiger partial charge is 0.338 e. The number of carbonyl (C=O) groups excluding carboxylic acids is 1. The number of allylic oxidation sites excluding steroid dienone is 1. The van der Waals surface area contributed by atoms with Gasteiger partial charge in [-0.1, -0.05) is 30.7 Å². The van der Waals surface area contributed by atoms with Crippen molar-refractivity contribution < 1.29 is 19.0 Å². The van der Waals surface area contributed by atoms with E-state index in [1.54, 1.807) is 43.9 Å². The third-order valence-corrected chi connectivity index (χ3v) is 7.34. The molecule has 0 radical (unpaired) electrons. The van der Waals surface area contributed by atoms with Gasteiger partial charge in [-0.2, -0.15) is 0 Å². The number of benzene rings is 1. The molecule has 1 aliphatic rings. The van der Waals surface area contributed by atoms with Crippen LogP contribution in [0.4, 0.5) is 0 Å². The van der Waals surface area contributed by atoms with Crippen LogP contribution in [-0.2, 0) is 9.53 Å². The van der Waals surface area contributed by atoms with Crippen LogP contribution in [0.5, 0.6) is 11.5 Å². The fourth-order valence-corrected chi connectivity index (χ4v) is 5.76. The molecule has 34 heavy (non-hydrogen) atoms. The summed E-state index contributed by atoms with van der Waals surface area (Å²) < 4.78 is 18.3. The maximum atomic E-state index is 13.7. The monoisotopic (exact) mass is 498 g/mol. The van der Waals surface area contributed by atoms with Crippen molar-refractivity contribution >= 4 is 34.7 Å². The van der Waals surface area contributed by atoms with Gasteiger partial charge in [-0.25, -0.2) is 9.79 Å². The zero-order chi connectivity index (χ0) is 24.2. The lowest BCUT2D eigenvalue weighted by Crippen LogP contribution is -2.39. The number of rotatable bonds is 8. The quantitative estimate of drug-likeness (QED) is 0.443. The molecule has 2 aromatic heterocycles. The fraction of sp³-hybridized carbons (Fsp3) is 0.320. The molecule has 0 fully saturated rings. The van der Waals surface area contributed by atoms with E-state index in [9.17, 15) is 9.59 Å². The van der Waals surface area contributed by atoms with Crippen LogP contribution >= 0.6 is 22.7 Å². The van der Waals surface area contributed by atoms with Crippen LogP contribution in [0.3, 0.4) is 0 Å². The fourth-order valence-electron chi connectivity index (χ4n) is 3.93. The molecule has 7 nitrogen and oxygen atoms in total. The number of nitrogens with zero attached hydrogens (tertiary/aromatic N) is 2. The number of aromatic nitrogens is 1. The van der Waals surface area contributed by atoms with Crippen LogP contribution < -0.4 is 24.4 Å². The molecule has 3 heterocycles. The molecule has 0 amide bonds. The number of thiophene rings is 1. The van der Waals surface area contributed by atoms with Gasteiger partial charge in [0.15, 0.2) is 4.80 Å². The summed E-state index contributed by atoms with van der Waals surface area (Å²) in [7, 11) is 3.17. The van der Waals surface area contributed by atoms with Crippen LogP contribution in [-0.4, -0.2) is 31.4 Å². The van der Waals surface area contributed by atoms with Crippen molar-refractivity contribution in [3.8, 4) is 11.5 Å². The van der Waals surface area contributed by atoms with Gasteiger partial charge in [0.25, 0.3) is 5.56 Å². The van der Waals surface area contributed by atoms with E-state index in [4.69, 9.17) is 19.2 Å². The van der Waals surface area contributed by atoms with E-state index < -0.39 is 12.0 Å². The second-order valence-electron chi connectivity index (χ2n) is 7.54. The van der Waals surface area contributed by atoms with E-state index in [1.807, 2.05) is 30.5 Å². The minimum Gasteiger partial charge on any atom is -0.497 e. The summed E-state index contributed by atoms with van der Waals surface area (Å²) in [6.45, 7) is 4.06. The van der Waals surface area contributed by atoms with Gasteiger partial charge in [0.05, 0.1) is 36.6 Å². The first-order valence-electron chi connectivity index (χ1n) is 11.0. The Balaban J connectivity index is 1.98. The largest absolute Gasteiger partial charge is 0.497 e. The summed E-state index contributed by atoms with van der Waals surface area (Å²) >= 11 is 2.80. The summed E-state index contributed by atoms with van der Waals surface area (Å²) in [6.07, 6.45) is 3.21. The molecule has 3 aromatic rings. The first-order valence-corrected chi connectivity index (χ1v) is 12.7. The zero-order valence-electron chi connectivity index (χ0n) is 19.5. The van der Waals surface area contributed by atoms with Gasteiger partial charge >= 0.3 is 5.97 Å². The molecule has 178 valence electrons. The normalized spacial score (nSPS) is 15.6. The maximum Gasteiger partial charge on any atom is 0.338 e. The van der Waals surface area contributed by atoms with Gasteiger partial charge < -0.3 is 14.2 Å². The van der Waals surface area contributed by atoms with Crippen molar-refractivity contribution in [3.05, 3.63) is 77.1 Å². The Hall–Kier alpha value is -3.17. The molecule has 1 atom stereocenters. The molecule has 0 bridgehead atoms. The third-order valence-electron chi connectivity index (χ3n) is 5.43. The molecule has 0 N–H and O–H groups in total. The highest BCUT2D eigenvalue weighted by Crippen LogP contribution is 2.34. The molecule has 9 heteroatoms. The van der Waals surface area contributed by atoms with E-state index in [2.05, 4.69) is 0 Å². The minimum absolute atomic E-state index is 0.218. The average molecular weight is 499 g/mol. The predicted octanol–water partition coefficient (Wildman–Crippen LogP) is 3.66. The lowest BCUT2D eigenvalue weighted by molar-refractivity contribution is -0.139. The summed E-state index contributed by atoms with van der Waals surface area (Å²) in [5, 5.41) is 1.94. The Morgan fingerprint density at radius 3 is 2.68 bits per heavy atom. The number of methoxy groups -OCH3 is 2. The SMILES string of the molecule is CCCC1=C(C(=O)OCC)C(c2cccs2)n2c(s/c(=C\c3cc(OC)ccc3OC)c2=O)=N1. The Labute approximate surface area is 205 Å². The van der Waals surface area contributed by atoms with Gasteiger partial charge in [0.1, 0.15) is 17.5 Å². The topological polar surface area (TPSA) is 79.1 Å². The Kier molecular flexibility index (Phi) is 7.33. The number of hydrogen-bond acceptors (Lipinski definition) is 8. The summed E-state index contributed by atoms with van der Waals surface area (Å²) in [6, 6.07) is 8.70. The number of thiazole rings is 1. The van der Waals surface area contributed by atoms with E-state index in [0.717, 1.165) is 16.9 Å². The lowest BCUT2D eigenvalue weighted by Gasteiger charge is -2.24. The van der Waals surface area contributed by atoms with Crippen LogP contribution in [0, 0.1) is 0 Å². The van der Waals surface area contributed by atoms with Gasteiger partial charge in [-0.3, -0.25) is 9.36 Å². The number of hydrogen-bond donors (Lipinski definition) is 0. The molecule has 0 saturated heterocycles. The minimum atomic E-state index is -0.578. The van der Waals surface area contributed by atoms with Gasteiger partial charge in [-0.15, -0.1) is 11.3 Å². The molecule has 1 aliphatic heterocycles. The van der Waals surface area contributed by atoms with Crippen molar-refractivity contribution in [1.82, 2.24) is 4.57 Å². The van der Waals surface area contributed by atoms with E-state index in [-0.39, 0.29) is 12.2 Å². The van der Waals surface area contributed by atoms with Crippen molar-refractivity contribution in [2.75, 3.05) is 20.8 Å². The van der Waals surface area contributed by atoms with Crippen molar-refractivity contribution in [2.24, 2.45) is 4.99 Å².